The zero-order chi connectivity index (χ0) is 19.1. The normalized spacial score (nSPS) is 26.3. The minimum Gasteiger partial charge on any atom is -0.312 e. The van der Waals surface area contributed by atoms with Gasteiger partial charge in [-0.15, -0.1) is 0 Å². The summed E-state index contributed by atoms with van der Waals surface area (Å²) in [7, 11) is 0. The van der Waals surface area contributed by atoms with Crippen molar-refractivity contribution in [3.63, 3.8) is 0 Å². The van der Waals surface area contributed by atoms with Gasteiger partial charge in [0.15, 0.2) is 0 Å². The Labute approximate surface area is 156 Å². The highest BCUT2D eigenvalue weighted by Gasteiger charge is 2.44. The Morgan fingerprint density at radius 3 is 2.63 bits per heavy atom. The van der Waals surface area contributed by atoms with Gasteiger partial charge in [0.05, 0.1) is 11.1 Å². The fourth-order valence-electron chi connectivity index (χ4n) is 4.03. The first-order chi connectivity index (χ1) is 12.9. The van der Waals surface area contributed by atoms with Gasteiger partial charge >= 0.3 is 0 Å². The highest BCUT2D eigenvalue weighted by atomic mass is 16.2. The van der Waals surface area contributed by atoms with Crippen LogP contribution in [0.1, 0.15) is 46.0 Å². The minimum atomic E-state index is -0.924. The zero-order valence-corrected chi connectivity index (χ0v) is 15.2. The van der Waals surface area contributed by atoms with Crippen molar-refractivity contribution < 1.29 is 19.2 Å². The van der Waals surface area contributed by atoms with Crippen molar-refractivity contribution in [2.45, 2.75) is 38.4 Å². The second-order valence-electron chi connectivity index (χ2n) is 7.42. The molecule has 1 unspecified atom stereocenters. The van der Waals surface area contributed by atoms with E-state index in [-0.39, 0.29) is 18.7 Å². The number of carbonyl (C=O) groups excluding carboxylic acids is 4. The molecule has 4 rings (SSSR count). The van der Waals surface area contributed by atoms with E-state index in [1.54, 1.807) is 12.1 Å². The molecule has 0 spiro atoms. The van der Waals surface area contributed by atoms with Gasteiger partial charge < -0.3 is 5.32 Å². The van der Waals surface area contributed by atoms with Gasteiger partial charge in [0.1, 0.15) is 6.04 Å². The molecule has 3 aliphatic rings. The van der Waals surface area contributed by atoms with E-state index in [9.17, 15) is 19.2 Å². The molecule has 4 amide bonds. The molecule has 3 heterocycles. The van der Waals surface area contributed by atoms with Gasteiger partial charge in [0, 0.05) is 38.6 Å². The summed E-state index contributed by atoms with van der Waals surface area (Å²) in [5, 5.41) is 5.60. The summed E-state index contributed by atoms with van der Waals surface area (Å²) in [5.74, 6) is -1.89. The summed E-state index contributed by atoms with van der Waals surface area (Å²) in [6.45, 7) is 5.62. The van der Waals surface area contributed by atoms with Crippen LogP contribution in [0.3, 0.4) is 0 Å². The highest BCUT2D eigenvalue weighted by Crippen LogP contribution is 2.28. The van der Waals surface area contributed by atoms with E-state index in [4.69, 9.17) is 0 Å². The monoisotopic (exact) mass is 370 g/mol. The number of nitrogens with one attached hydrogen (secondary N) is 2. The molecule has 2 atom stereocenters. The molecule has 0 bridgehead atoms. The molecular formula is C19H22N4O4. The van der Waals surface area contributed by atoms with Gasteiger partial charge in [-0.2, -0.15) is 0 Å². The Bertz CT molecular complexity index is 837. The second kappa shape index (κ2) is 6.86. The largest absolute Gasteiger partial charge is 0.312 e. The lowest BCUT2D eigenvalue weighted by Crippen LogP contribution is -2.54. The summed E-state index contributed by atoms with van der Waals surface area (Å²) in [4.78, 5) is 52.3. The molecule has 2 fully saturated rings. The second-order valence-corrected chi connectivity index (χ2v) is 7.42. The van der Waals surface area contributed by atoms with Crippen LogP contribution in [0.15, 0.2) is 18.2 Å². The molecule has 27 heavy (non-hydrogen) atoms. The van der Waals surface area contributed by atoms with Crippen LogP contribution in [-0.4, -0.2) is 65.1 Å². The molecule has 8 nitrogen and oxygen atoms in total. The van der Waals surface area contributed by atoms with Crippen LogP contribution in [0.2, 0.25) is 0 Å². The number of hydrogen-bond acceptors (Lipinski definition) is 6. The van der Waals surface area contributed by atoms with Crippen molar-refractivity contribution in [2.75, 3.05) is 19.6 Å². The third-order valence-corrected chi connectivity index (χ3v) is 5.36. The number of nitrogens with zero attached hydrogens (tertiary/aromatic N) is 2. The van der Waals surface area contributed by atoms with E-state index in [2.05, 4.69) is 22.5 Å². The Morgan fingerprint density at radius 1 is 1.11 bits per heavy atom. The lowest BCUT2D eigenvalue weighted by molar-refractivity contribution is -0.136. The van der Waals surface area contributed by atoms with Gasteiger partial charge in [0.2, 0.25) is 11.8 Å². The molecule has 2 N–H and O–H groups in total. The van der Waals surface area contributed by atoms with Crippen LogP contribution >= 0.6 is 0 Å². The first kappa shape index (κ1) is 17.8. The van der Waals surface area contributed by atoms with Gasteiger partial charge in [-0.3, -0.25) is 34.3 Å². The molecule has 1 aromatic rings. The molecule has 1 aromatic carbocycles. The van der Waals surface area contributed by atoms with E-state index in [1.807, 2.05) is 6.07 Å². The summed E-state index contributed by atoms with van der Waals surface area (Å²) >= 11 is 0. The number of benzene rings is 1. The maximum absolute atomic E-state index is 12.8. The number of piperazine rings is 1. The number of hydrogen-bond donors (Lipinski definition) is 2. The fraction of sp³-hybridized carbons (Fsp3) is 0.474. The summed E-state index contributed by atoms with van der Waals surface area (Å²) in [6.07, 6.45) is 0.290. The van der Waals surface area contributed by atoms with Crippen LogP contribution < -0.4 is 10.6 Å². The predicted octanol–water partition coefficient (Wildman–Crippen LogP) is -0.118. The van der Waals surface area contributed by atoms with Crippen molar-refractivity contribution in [1.29, 1.82) is 0 Å². The molecule has 0 aliphatic carbocycles. The molecule has 0 radical (unpaired) electrons. The zero-order valence-electron chi connectivity index (χ0n) is 15.2. The van der Waals surface area contributed by atoms with E-state index >= 15 is 0 Å². The van der Waals surface area contributed by atoms with Crippen molar-refractivity contribution in [3.05, 3.63) is 34.9 Å². The number of amides is 4. The predicted molar refractivity (Wildman–Crippen MR) is 95.9 cm³/mol. The number of imide groups is 2. The average molecular weight is 370 g/mol. The van der Waals surface area contributed by atoms with Crippen LogP contribution in [0.25, 0.3) is 0 Å². The van der Waals surface area contributed by atoms with E-state index in [0.717, 1.165) is 30.1 Å². The molecule has 8 heteroatoms. The van der Waals surface area contributed by atoms with Crippen molar-refractivity contribution >= 4 is 23.6 Å². The van der Waals surface area contributed by atoms with Gasteiger partial charge in [-0.25, -0.2) is 0 Å². The van der Waals surface area contributed by atoms with Crippen LogP contribution in [0.4, 0.5) is 0 Å². The Balaban J connectivity index is 1.54. The van der Waals surface area contributed by atoms with Gasteiger partial charge in [-0.05, 0) is 31.0 Å². The maximum Gasteiger partial charge on any atom is 0.262 e. The summed E-state index contributed by atoms with van der Waals surface area (Å²) in [6, 6.07) is 4.79. The standard InChI is InChI=1S/C19H22N4O4/c1-11-9-22(7-6-20-11)10-12-2-3-13-14(8-12)19(27)23(18(13)26)15-4-5-16(24)21-17(15)25/h2-3,8,11,15,20H,4-7,9-10H2,1H3,(H,21,24,25)/t11-,15?/m0/s1. The van der Waals surface area contributed by atoms with E-state index in [0.29, 0.717) is 23.7 Å². The molecule has 0 aromatic heterocycles. The minimum absolute atomic E-state index is 0.121. The Morgan fingerprint density at radius 2 is 1.89 bits per heavy atom. The number of fused-ring (bicyclic) bond motifs is 1. The highest BCUT2D eigenvalue weighted by molar-refractivity contribution is 6.23. The first-order valence-corrected chi connectivity index (χ1v) is 9.24. The van der Waals surface area contributed by atoms with Crippen LogP contribution in [0.5, 0.6) is 0 Å². The molecule has 0 saturated carbocycles. The van der Waals surface area contributed by atoms with Crippen molar-refractivity contribution in [3.8, 4) is 0 Å². The fourth-order valence-corrected chi connectivity index (χ4v) is 4.03. The number of rotatable bonds is 3. The maximum atomic E-state index is 12.8. The summed E-state index contributed by atoms with van der Waals surface area (Å²) in [5.41, 5.74) is 1.63. The van der Waals surface area contributed by atoms with Crippen molar-refractivity contribution in [2.24, 2.45) is 0 Å². The van der Waals surface area contributed by atoms with E-state index in [1.165, 1.54) is 0 Å². The van der Waals surface area contributed by atoms with E-state index < -0.39 is 23.8 Å². The lowest BCUT2D eigenvalue weighted by atomic mass is 10.0. The summed E-state index contributed by atoms with van der Waals surface area (Å²) < 4.78 is 0. The van der Waals surface area contributed by atoms with Crippen molar-refractivity contribution in [1.82, 2.24) is 20.4 Å². The smallest absolute Gasteiger partial charge is 0.262 e. The molecule has 2 saturated heterocycles. The molecular weight excluding hydrogens is 348 g/mol. The topological polar surface area (TPSA) is 98.8 Å². The SMILES string of the molecule is C[C@H]1CN(Cc2ccc3c(c2)C(=O)N(C2CCC(=O)NC2=O)C3=O)CCN1. The van der Waals surface area contributed by atoms with Gasteiger partial charge in [0.25, 0.3) is 11.8 Å². The lowest BCUT2D eigenvalue weighted by Gasteiger charge is -2.31. The van der Waals surface area contributed by atoms with Gasteiger partial charge in [-0.1, -0.05) is 6.07 Å². The number of piperidine rings is 1. The third-order valence-electron chi connectivity index (χ3n) is 5.36. The number of carbonyl (C=O) groups is 4. The third kappa shape index (κ3) is 3.26. The van der Waals surface area contributed by atoms with Crippen LogP contribution in [-0.2, 0) is 16.1 Å². The Kier molecular flexibility index (Phi) is 4.53. The quantitative estimate of drug-likeness (QED) is 0.720. The Hall–Kier alpha value is -2.58. The first-order valence-electron chi connectivity index (χ1n) is 9.24. The van der Waals surface area contributed by atoms with Crippen LogP contribution in [0, 0.1) is 0 Å². The molecule has 142 valence electrons. The average Bonchev–Trinajstić information content (AvgIpc) is 2.86. The molecule has 3 aliphatic heterocycles.